The first-order valence-electron chi connectivity index (χ1n) is 8.84. The minimum atomic E-state index is 0.0688. The maximum atomic E-state index is 12.4. The van der Waals surface area contributed by atoms with Gasteiger partial charge in [-0.2, -0.15) is 0 Å². The summed E-state index contributed by atoms with van der Waals surface area (Å²) in [6.45, 7) is 5.60. The average Bonchev–Trinajstić information content (AvgIpc) is 2.62. The van der Waals surface area contributed by atoms with Gasteiger partial charge in [0.15, 0.2) is 6.61 Å². The molecule has 0 N–H and O–H groups in total. The molecule has 0 unspecified atom stereocenters. The number of ether oxygens (including phenoxy) is 1. The van der Waals surface area contributed by atoms with Gasteiger partial charge in [-0.15, -0.1) is 0 Å². The Hall–Kier alpha value is -2.33. The molecule has 0 spiro atoms. The number of carbonyl (C=O) groups excluding carboxylic acids is 1. The molecule has 1 aliphatic heterocycles. The lowest BCUT2D eigenvalue weighted by molar-refractivity contribution is -0.134. The van der Waals surface area contributed by atoms with Gasteiger partial charge in [0.05, 0.1) is 0 Å². The van der Waals surface area contributed by atoms with Crippen LogP contribution in [0, 0.1) is 6.92 Å². The van der Waals surface area contributed by atoms with Gasteiger partial charge in [0.25, 0.3) is 5.91 Å². The van der Waals surface area contributed by atoms with E-state index in [9.17, 15) is 4.79 Å². The number of likely N-dealkylation sites (N-methyl/N-ethyl adjacent to an activating group) is 1. The van der Waals surface area contributed by atoms with Gasteiger partial charge in [-0.1, -0.05) is 48.0 Å². The molecule has 2 aromatic rings. The van der Waals surface area contributed by atoms with E-state index in [0.717, 1.165) is 43.9 Å². The number of hydrogen-bond donors (Lipinski definition) is 0. The number of carbonyl (C=O) groups is 1. The molecule has 1 aliphatic rings. The predicted octanol–water partition coefficient (Wildman–Crippen LogP) is 2.74. The molecular formula is C21H26N2O2. The molecule has 0 saturated carbocycles. The van der Waals surface area contributed by atoms with Crippen LogP contribution in [0.1, 0.15) is 16.7 Å². The third-order valence-corrected chi connectivity index (χ3v) is 4.66. The molecule has 2 aromatic carbocycles. The van der Waals surface area contributed by atoms with Crippen molar-refractivity contribution in [1.82, 2.24) is 9.80 Å². The van der Waals surface area contributed by atoms with Crippen LogP contribution in [0.2, 0.25) is 0 Å². The maximum absolute atomic E-state index is 12.4. The van der Waals surface area contributed by atoms with Gasteiger partial charge in [-0.25, -0.2) is 0 Å². The Morgan fingerprint density at radius 1 is 1.04 bits per heavy atom. The number of amides is 1. The Kier molecular flexibility index (Phi) is 5.71. The van der Waals surface area contributed by atoms with Gasteiger partial charge in [-0.05, 0) is 31.2 Å². The largest absolute Gasteiger partial charge is 0.483 e. The Morgan fingerprint density at radius 2 is 1.76 bits per heavy atom. The highest BCUT2D eigenvalue weighted by molar-refractivity contribution is 5.78. The van der Waals surface area contributed by atoms with Gasteiger partial charge in [0.2, 0.25) is 0 Å². The average molecular weight is 338 g/mol. The maximum Gasteiger partial charge on any atom is 0.260 e. The SMILES string of the molecule is Cc1ccc(OCC(=O)N2CCN(C)CC2)c(Cc2ccccc2)c1. The zero-order chi connectivity index (χ0) is 17.6. The molecule has 1 saturated heterocycles. The first kappa shape index (κ1) is 17.5. The Balaban J connectivity index is 1.64. The molecule has 1 heterocycles. The molecule has 0 atom stereocenters. The van der Waals surface area contributed by atoms with Crippen LogP contribution in [0.4, 0.5) is 0 Å². The second-order valence-electron chi connectivity index (χ2n) is 6.75. The van der Waals surface area contributed by atoms with Crippen LogP contribution in [0.5, 0.6) is 5.75 Å². The fourth-order valence-corrected chi connectivity index (χ4v) is 3.09. The normalized spacial score (nSPS) is 15.2. The van der Waals surface area contributed by atoms with E-state index in [1.165, 1.54) is 11.1 Å². The van der Waals surface area contributed by atoms with Crippen molar-refractivity contribution in [2.45, 2.75) is 13.3 Å². The summed E-state index contributed by atoms with van der Waals surface area (Å²) in [5, 5.41) is 0. The minimum absolute atomic E-state index is 0.0688. The molecular weight excluding hydrogens is 312 g/mol. The standard InChI is InChI=1S/C21H26N2O2/c1-17-8-9-20(19(14-17)15-18-6-4-3-5-7-18)25-16-21(24)23-12-10-22(2)11-13-23/h3-9,14H,10-13,15-16H2,1-2H3. The van der Waals surface area contributed by atoms with E-state index in [-0.39, 0.29) is 12.5 Å². The quantitative estimate of drug-likeness (QED) is 0.840. The van der Waals surface area contributed by atoms with Crippen molar-refractivity contribution in [2.75, 3.05) is 39.8 Å². The van der Waals surface area contributed by atoms with Crippen molar-refractivity contribution in [3.63, 3.8) is 0 Å². The van der Waals surface area contributed by atoms with Crippen LogP contribution in [-0.2, 0) is 11.2 Å². The van der Waals surface area contributed by atoms with Gasteiger partial charge < -0.3 is 14.5 Å². The first-order valence-corrected chi connectivity index (χ1v) is 8.84. The first-order chi connectivity index (χ1) is 12.1. The van der Waals surface area contributed by atoms with E-state index in [2.05, 4.69) is 37.1 Å². The summed E-state index contributed by atoms with van der Waals surface area (Å²) in [4.78, 5) is 16.5. The fraction of sp³-hybridized carbons (Fsp3) is 0.381. The zero-order valence-corrected chi connectivity index (χ0v) is 15.1. The van der Waals surface area contributed by atoms with Crippen LogP contribution < -0.4 is 4.74 Å². The van der Waals surface area contributed by atoms with Gasteiger partial charge in [0.1, 0.15) is 5.75 Å². The summed E-state index contributed by atoms with van der Waals surface area (Å²) in [6.07, 6.45) is 0.806. The third kappa shape index (κ3) is 4.83. The molecule has 4 nitrogen and oxygen atoms in total. The Labute approximate surface area is 150 Å². The number of benzene rings is 2. The highest BCUT2D eigenvalue weighted by Gasteiger charge is 2.19. The lowest BCUT2D eigenvalue weighted by Gasteiger charge is -2.32. The van der Waals surface area contributed by atoms with Crippen LogP contribution >= 0.6 is 0 Å². The van der Waals surface area contributed by atoms with E-state index < -0.39 is 0 Å². The summed E-state index contributed by atoms with van der Waals surface area (Å²) >= 11 is 0. The van der Waals surface area contributed by atoms with E-state index in [1.54, 1.807) is 0 Å². The highest BCUT2D eigenvalue weighted by Crippen LogP contribution is 2.23. The van der Waals surface area contributed by atoms with Crippen LogP contribution in [0.3, 0.4) is 0 Å². The van der Waals surface area contributed by atoms with E-state index in [1.807, 2.05) is 35.2 Å². The Morgan fingerprint density at radius 3 is 2.48 bits per heavy atom. The summed E-state index contributed by atoms with van der Waals surface area (Å²) in [5.74, 6) is 0.872. The van der Waals surface area contributed by atoms with Gasteiger partial charge in [-0.3, -0.25) is 4.79 Å². The fourth-order valence-electron chi connectivity index (χ4n) is 3.09. The van der Waals surface area contributed by atoms with Crippen LogP contribution in [-0.4, -0.2) is 55.5 Å². The van der Waals surface area contributed by atoms with Crippen molar-refractivity contribution in [3.8, 4) is 5.75 Å². The molecule has 132 valence electrons. The second-order valence-corrected chi connectivity index (χ2v) is 6.75. The lowest BCUT2D eigenvalue weighted by Crippen LogP contribution is -2.48. The molecule has 4 heteroatoms. The second kappa shape index (κ2) is 8.17. The number of nitrogens with zero attached hydrogens (tertiary/aromatic N) is 2. The Bertz CT molecular complexity index is 707. The predicted molar refractivity (Wildman–Crippen MR) is 100.0 cm³/mol. The lowest BCUT2D eigenvalue weighted by atomic mass is 10.0. The summed E-state index contributed by atoms with van der Waals surface area (Å²) in [7, 11) is 2.08. The van der Waals surface area contributed by atoms with Crippen molar-refractivity contribution in [3.05, 3.63) is 65.2 Å². The number of hydrogen-bond acceptors (Lipinski definition) is 3. The van der Waals surface area contributed by atoms with E-state index in [0.29, 0.717) is 0 Å². The van der Waals surface area contributed by atoms with Crippen molar-refractivity contribution in [2.24, 2.45) is 0 Å². The molecule has 25 heavy (non-hydrogen) atoms. The minimum Gasteiger partial charge on any atom is -0.483 e. The van der Waals surface area contributed by atoms with Crippen LogP contribution in [0.25, 0.3) is 0 Å². The summed E-state index contributed by atoms with van der Waals surface area (Å²) < 4.78 is 5.90. The molecule has 1 amide bonds. The monoisotopic (exact) mass is 338 g/mol. The summed E-state index contributed by atoms with van der Waals surface area (Å²) in [5.41, 5.74) is 3.56. The zero-order valence-electron chi connectivity index (χ0n) is 15.1. The van der Waals surface area contributed by atoms with Gasteiger partial charge >= 0.3 is 0 Å². The molecule has 0 aliphatic carbocycles. The smallest absolute Gasteiger partial charge is 0.260 e. The van der Waals surface area contributed by atoms with Gasteiger partial charge in [0, 0.05) is 32.6 Å². The molecule has 1 fully saturated rings. The molecule has 0 radical (unpaired) electrons. The topological polar surface area (TPSA) is 32.8 Å². The van der Waals surface area contributed by atoms with E-state index >= 15 is 0 Å². The van der Waals surface area contributed by atoms with Crippen molar-refractivity contribution >= 4 is 5.91 Å². The molecule has 0 bridgehead atoms. The van der Waals surface area contributed by atoms with E-state index in [4.69, 9.17) is 4.74 Å². The third-order valence-electron chi connectivity index (χ3n) is 4.66. The van der Waals surface area contributed by atoms with Crippen molar-refractivity contribution in [1.29, 1.82) is 0 Å². The number of rotatable bonds is 5. The number of piperazine rings is 1. The highest BCUT2D eigenvalue weighted by atomic mass is 16.5. The summed E-state index contributed by atoms with van der Waals surface area (Å²) in [6, 6.07) is 16.5. The number of aryl methyl sites for hydroxylation is 1. The van der Waals surface area contributed by atoms with Crippen LogP contribution in [0.15, 0.2) is 48.5 Å². The molecule has 0 aromatic heterocycles. The van der Waals surface area contributed by atoms with Crippen molar-refractivity contribution < 1.29 is 9.53 Å². The molecule has 3 rings (SSSR count).